The number of halogens is 1. The molecule has 2 aromatic rings. The first-order valence-corrected chi connectivity index (χ1v) is 31.4. The van der Waals surface area contributed by atoms with Crippen molar-refractivity contribution in [2.24, 2.45) is 17.6 Å². The van der Waals surface area contributed by atoms with Gasteiger partial charge in [-0.05, 0) is 100 Å². The minimum absolute atomic E-state index is 0.0225. The van der Waals surface area contributed by atoms with Crippen LogP contribution in [-0.4, -0.2) is 182 Å². The number of epoxide rings is 1. The molecule has 9 amide bonds. The van der Waals surface area contributed by atoms with Crippen LogP contribution in [0.25, 0.3) is 0 Å². The molecule has 3 aliphatic heterocycles. The molecule has 0 radical (unpaired) electrons. The molecule has 90 heavy (non-hydrogen) atoms. The second-order valence-electron chi connectivity index (χ2n) is 23.4. The Kier molecular flexibility index (Phi) is 27.3. The molecule has 10 atom stereocenters. The number of carbonyl (C=O) groups is 10. The first-order valence-electron chi connectivity index (χ1n) is 29.8. The summed E-state index contributed by atoms with van der Waals surface area (Å²) in [6.07, 6.45) is 2.57. The summed E-state index contributed by atoms with van der Waals surface area (Å²) in [6, 6.07) is 5.82. The van der Waals surface area contributed by atoms with Crippen LogP contribution in [0.4, 0.5) is 25.8 Å². The van der Waals surface area contributed by atoms with Gasteiger partial charge in [0.05, 0.1) is 25.3 Å². The number of hydrogen-bond acceptors (Lipinski definition) is 18. The number of rotatable bonds is 25. The van der Waals surface area contributed by atoms with Gasteiger partial charge in [-0.25, -0.2) is 19.2 Å². The summed E-state index contributed by atoms with van der Waals surface area (Å²) < 4.78 is 35.0. The van der Waals surface area contributed by atoms with Crippen LogP contribution < -0.4 is 42.0 Å². The SMILES string of the molecule is COc1cc2cc(c1Cl)N(C)C(=O)C[C@H](OC(=O)[C@H](C)N(C)C(=O)CCN(C)C(=O)OCc1ccc(NC(=O)[C@H](CCCNC(N)=O)NC(=O)[C@@H](NC(=O)CCCCC(=O)SC)C(C)C)cc1)[C@]1(C)O[C@H]1[C@H](C)[C@@H]1C[C@@](O)(NC(=O)O1)[C@H](OC)/C=C/C=C(\C)C2. The topological polar surface area (TPSA) is 346 Å². The molecular formula is C62H88ClN9O17S. The quantitative estimate of drug-likeness (QED) is 0.0274. The van der Waals surface area contributed by atoms with Crippen LogP contribution in [0.2, 0.25) is 5.02 Å². The molecular weight excluding hydrogens is 1210 g/mol. The number of ether oxygens (including phenoxy) is 6. The number of anilines is 2. The number of benzene rings is 2. The number of allylic oxidation sites excluding steroid dienone is 3. The van der Waals surface area contributed by atoms with Crippen LogP contribution in [0.5, 0.6) is 5.75 Å². The third-order valence-electron chi connectivity index (χ3n) is 16.2. The van der Waals surface area contributed by atoms with E-state index in [0.717, 1.165) is 27.8 Å². The van der Waals surface area contributed by atoms with E-state index in [4.69, 9.17) is 45.8 Å². The third kappa shape index (κ3) is 20.5. The molecule has 0 saturated carbocycles. The second-order valence-corrected chi connectivity index (χ2v) is 24.6. The normalized spacial score (nSPS) is 23.5. The molecule has 2 saturated heterocycles. The monoisotopic (exact) mass is 1300 g/mol. The summed E-state index contributed by atoms with van der Waals surface area (Å²) in [5.74, 6) is -4.15. The van der Waals surface area contributed by atoms with E-state index in [1.807, 2.05) is 13.0 Å². The van der Waals surface area contributed by atoms with Gasteiger partial charge in [-0.2, -0.15) is 0 Å². The average molecular weight is 1300 g/mol. The summed E-state index contributed by atoms with van der Waals surface area (Å²) in [5, 5.41) is 25.3. The van der Waals surface area contributed by atoms with E-state index < -0.39 is 114 Å². The molecule has 0 spiro atoms. The van der Waals surface area contributed by atoms with Crippen molar-refractivity contribution in [1.82, 2.24) is 31.1 Å². The summed E-state index contributed by atoms with van der Waals surface area (Å²) >= 11 is 7.96. The van der Waals surface area contributed by atoms with Gasteiger partial charge < -0.3 is 75.2 Å². The molecule has 0 aromatic heterocycles. The van der Waals surface area contributed by atoms with Crippen molar-refractivity contribution in [1.29, 1.82) is 0 Å². The van der Waals surface area contributed by atoms with Crippen LogP contribution in [0.1, 0.15) is 110 Å². The predicted molar refractivity (Wildman–Crippen MR) is 336 cm³/mol. The summed E-state index contributed by atoms with van der Waals surface area (Å²) in [4.78, 5) is 135. The van der Waals surface area contributed by atoms with Gasteiger partial charge >= 0.3 is 24.2 Å². The molecule has 0 unspecified atom stereocenters. The second kappa shape index (κ2) is 33.6. The Morgan fingerprint density at radius 3 is 2.31 bits per heavy atom. The number of unbranched alkanes of at least 4 members (excludes halogenated alkanes) is 1. The van der Waals surface area contributed by atoms with E-state index in [2.05, 4.69) is 26.6 Å². The lowest BCUT2D eigenvalue weighted by atomic mass is 9.83. The van der Waals surface area contributed by atoms with Gasteiger partial charge in [0, 0.05) is 78.6 Å². The lowest BCUT2D eigenvalue weighted by molar-refractivity contribution is -0.162. The zero-order valence-corrected chi connectivity index (χ0v) is 54.8. The highest BCUT2D eigenvalue weighted by molar-refractivity contribution is 8.13. The number of esters is 1. The number of fused-ring (bicyclic) bond motifs is 5. The molecule has 26 nitrogen and oxygen atoms in total. The van der Waals surface area contributed by atoms with Gasteiger partial charge in [0.1, 0.15) is 59.4 Å². The van der Waals surface area contributed by atoms with E-state index in [9.17, 15) is 53.1 Å². The van der Waals surface area contributed by atoms with Crippen LogP contribution >= 0.6 is 23.4 Å². The lowest BCUT2D eigenvalue weighted by Crippen LogP contribution is -2.63. The van der Waals surface area contributed by atoms with Crippen LogP contribution in [0, 0.1) is 11.8 Å². The van der Waals surface area contributed by atoms with Crippen molar-refractivity contribution in [2.75, 3.05) is 64.9 Å². The lowest BCUT2D eigenvalue weighted by Gasteiger charge is -2.42. The Hall–Kier alpha value is -7.46. The number of aliphatic hydroxyl groups is 1. The number of nitrogens with one attached hydrogen (secondary N) is 5. The number of amides is 9. The van der Waals surface area contributed by atoms with E-state index in [0.29, 0.717) is 48.4 Å². The zero-order valence-electron chi connectivity index (χ0n) is 53.3. The van der Waals surface area contributed by atoms with E-state index in [-0.39, 0.29) is 73.8 Å². The largest absolute Gasteiger partial charge is 0.495 e. The van der Waals surface area contributed by atoms with Crippen molar-refractivity contribution < 1.29 is 81.5 Å². The van der Waals surface area contributed by atoms with Gasteiger partial charge in [0.2, 0.25) is 29.5 Å². The molecule has 3 aliphatic rings. The van der Waals surface area contributed by atoms with Gasteiger partial charge in [-0.1, -0.05) is 80.1 Å². The zero-order chi connectivity index (χ0) is 66.8. The summed E-state index contributed by atoms with van der Waals surface area (Å²) in [5.41, 5.74) is 4.78. The maximum atomic E-state index is 14.4. The van der Waals surface area contributed by atoms with Crippen LogP contribution in [0.3, 0.4) is 0 Å². The highest BCUT2D eigenvalue weighted by Crippen LogP contribution is 2.49. The number of alkyl carbamates (subject to hydrolysis) is 1. The number of nitrogens with zero attached hydrogens (tertiary/aromatic N) is 3. The Bertz CT molecular complexity index is 2990. The fourth-order valence-corrected chi connectivity index (χ4v) is 11.1. The van der Waals surface area contributed by atoms with Crippen molar-refractivity contribution in [3.8, 4) is 5.75 Å². The highest BCUT2D eigenvalue weighted by atomic mass is 35.5. The van der Waals surface area contributed by atoms with E-state index >= 15 is 0 Å². The molecule has 5 rings (SSSR count). The first-order chi connectivity index (χ1) is 42.4. The number of carbonyl (C=O) groups excluding carboxylic acids is 10. The number of hydrogen-bond donors (Lipinski definition) is 7. The smallest absolute Gasteiger partial charge is 0.409 e. The minimum atomic E-state index is -1.91. The minimum Gasteiger partial charge on any atom is -0.495 e. The Balaban J connectivity index is 1.20. The maximum Gasteiger partial charge on any atom is 0.409 e. The molecule has 8 N–H and O–H groups in total. The van der Waals surface area contributed by atoms with Gasteiger partial charge in [-0.3, -0.25) is 34.1 Å². The number of primary amides is 1. The number of methoxy groups -OCH3 is 2. The third-order valence-corrected chi connectivity index (χ3v) is 17.3. The van der Waals surface area contributed by atoms with Crippen molar-refractivity contribution in [3.05, 3.63) is 76.3 Å². The molecule has 496 valence electrons. The number of urea groups is 1. The number of thioether (sulfide) groups is 1. The van der Waals surface area contributed by atoms with E-state index in [1.165, 1.54) is 52.1 Å². The molecule has 2 aromatic carbocycles. The summed E-state index contributed by atoms with van der Waals surface area (Å²) in [7, 11) is 7.21. The molecule has 2 fully saturated rings. The fraction of sp³-hybridized carbons (Fsp3) is 0.581. The van der Waals surface area contributed by atoms with Crippen LogP contribution in [-0.2, 0) is 70.3 Å². The summed E-state index contributed by atoms with van der Waals surface area (Å²) in [6.45, 7) is 10.1. The van der Waals surface area contributed by atoms with Crippen LogP contribution in [0.15, 0.2) is 60.2 Å². The molecule has 0 aliphatic carbocycles. The number of likely N-dealkylation sites (N-methyl/N-ethyl adjacent to an activating group) is 1. The van der Waals surface area contributed by atoms with Crippen molar-refractivity contribution >= 4 is 93.6 Å². The molecule has 28 heteroatoms. The fourth-order valence-electron chi connectivity index (χ4n) is 10.4. The Labute approximate surface area is 534 Å². The highest BCUT2D eigenvalue weighted by Gasteiger charge is 2.64. The molecule has 4 bridgehead atoms. The van der Waals surface area contributed by atoms with Crippen molar-refractivity contribution in [2.45, 2.75) is 166 Å². The Morgan fingerprint density at radius 1 is 0.978 bits per heavy atom. The first kappa shape index (κ1) is 73.3. The van der Waals surface area contributed by atoms with Gasteiger partial charge in [0.15, 0.2) is 10.8 Å². The van der Waals surface area contributed by atoms with Crippen molar-refractivity contribution in [3.63, 3.8) is 0 Å². The number of nitrogens with two attached hydrogens (primary N) is 1. The Morgan fingerprint density at radius 2 is 1.67 bits per heavy atom. The predicted octanol–water partition coefficient (Wildman–Crippen LogP) is 5.64. The average Bonchev–Trinajstić information content (AvgIpc) is 1.57. The molecule has 3 heterocycles. The van der Waals surface area contributed by atoms with Gasteiger partial charge in [-0.15, -0.1) is 0 Å². The maximum absolute atomic E-state index is 14.4. The van der Waals surface area contributed by atoms with E-state index in [1.54, 1.807) is 82.5 Å². The van der Waals surface area contributed by atoms with Gasteiger partial charge in [0.25, 0.3) is 0 Å². The standard InChI is InChI=1S/C62H88ClN9O17S/c1-35(2)53(68-48(73)20-13-14-21-51(76)90-12)56(78)67-42(18-16-27-65-58(64)80)55(77)66-41-24-22-39(23-25-41)34-86-60(82)70(7)28-26-49(74)71(8)38(5)57(79)88-47-32-50(75)72(9)43-30-40(31-44(84-10)52(43)63)29-36(3)17-15-19-46(85-11)62(83)33-45(87-59(81)69-62)37(4)54-61(47,6)89-54/h15,17,19,22-25,30-31,35,37-38,42,45-47,53-54,83H,13-14,16,18,20-21,26-29,32-34H2,1-12H3,(H,66,77)(H,67,78)(H,68,73)(H,69,81)(H3,64,65,80)/b19-15+,36-17+/t37-,38+,42+,45+,46-,47+,53+,54+,61+,62+/m1/s1.